The van der Waals surface area contributed by atoms with Crippen LogP contribution in [0.4, 0.5) is 0 Å². The zero-order chi connectivity index (χ0) is 9.52. The molecule has 1 amide bonds. The Morgan fingerprint density at radius 2 is 2.17 bits per heavy atom. The minimum atomic E-state index is -1.12. The Labute approximate surface area is 73.4 Å². The minimum absolute atomic E-state index is 0.00241. The molecule has 0 aromatic heterocycles. The van der Waals surface area contributed by atoms with Gasteiger partial charge in [0.05, 0.1) is 0 Å². The second-order valence-electron chi connectivity index (χ2n) is 4.05. The third-order valence-corrected chi connectivity index (χ3v) is 2.91. The van der Waals surface area contributed by atoms with Gasteiger partial charge in [0.25, 0.3) is 5.91 Å². The van der Waals surface area contributed by atoms with E-state index in [0.717, 1.165) is 0 Å². The van der Waals surface area contributed by atoms with Gasteiger partial charge in [-0.05, 0) is 12.8 Å². The van der Waals surface area contributed by atoms with Gasteiger partial charge in [0.15, 0.2) is 0 Å². The van der Waals surface area contributed by atoms with E-state index in [0.29, 0.717) is 6.42 Å². The Balaban J connectivity index is 2.90. The molecule has 1 aliphatic heterocycles. The van der Waals surface area contributed by atoms with Gasteiger partial charge in [-0.15, -0.1) is 0 Å². The summed E-state index contributed by atoms with van der Waals surface area (Å²) in [5.41, 5.74) is -1.12. The monoisotopic (exact) mass is 171 g/mol. The molecule has 0 bridgehead atoms. The fourth-order valence-electron chi connectivity index (χ4n) is 1.66. The average Bonchev–Trinajstić information content (AvgIpc) is 2.17. The van der Waals surface area contributed by atoms with Crippen LogP contribution < -0.4 is 0 Å². The lowest BCUT2D eigenvalue weighted by Crippen LogP contribution is -2.43. The first-order valence-corrected chi connectivity index (χ1v) is 4.39. The van der Waals surface area contributed by atoms with Crippen molar-refractivity contribution in [1.82, 2.24) is 4.90 Å². The lowest BCUT2D eigenvalue weighted by Gasteiger charge is -2.24. The van der Waals surface area contributed by atoms with Crippen LogP contribution in [0.2, 0.25) is 0 Å². The van der Waals surface area contributed by atoms with Crippen LogP contribution in [0.25, 0.3) is 0 Å². The largest absolute Gasteiger partial charge is 0.380 e. The van der Waals surface area contributed by atoms with Gasteiger partial charge >= 0.3 is 0 Å². The standard InChI is InChI=1S/C9H17NO2/c1-6(2)9(12)5-7(3)10(4)8(9)11/h6-7,12H,5H2,1-4H3. The summed E-state index contributed by atoms with van der Waals surface area (Å²) in [4.78, 5) is 13.2. The molecule has 2 unspecified atom stereocenters. The molecule has 1 aliphatic rings. The second-order valence-corrected chi connectivity index (χ2v) is 4.05. The predicted octanol–water partition coefficient (Wildman–Crippen LogP) is 0.624. The molecule has 1 N–H and O–H groups in total. The highest BCUT2D eigenvalue weighted by Crippen LogP contribution is 2.32. The Bertz CT molecular complexity index is 203. The zero-order valence-corrected chi connectivity index (χ0v) is 8.16. The molecule has 3 nitrogen and oxygen atoms in total. The zero-order valence-electron chi connectivity index (χ0n) is 8.16. The van der Waals surface area contributed by atoms with E-state index in [1.54, 1.807) is 11.9 Å². The summed E-state index contributed by atoms with van der Waals surface area (Å²) >= 11 is 0. The Morgan fingerprint density at radius 1 is 1.67 bits per heavy atom. The van der Waals surface area contributed by atoms with E-state index >= 15 is 0 Å². The summed E-state index contributed by atoms with van der Waals surface area (Å²) < 4.78 is 0. The number of amides is 1. The molecule has 0 saturated carbocycles. The highest BCUT2D eigenvalue weighted by atomic mass is 16.3. The minimum Gasteiger partial charge on any atom is -0.380 e. The van der Waals surface area contributed by atoms with E-state index in [4.69, 9.17) is 0 Å². The Hall–Kier alpha value is -0.570. The third-order valence-electron chi connectivity index (χ3n) is 2.91. The molecule has 70 valence electrons. The molecule has 0 aliphatic carbocycles. The van der Waals surface area contributed by atoms with E-state index in [1.807, 2.05) is 20.8 Å². The number of aliphatic hydroxyl groups is 1. The highest BCUT2D eigenvalue weighted by molar-refractivity contribution is 5.87. The van der Waals surface area contributed by atoms with Crippen molar-refractivity contribution < 1.29 is 9.90 Å². The molecule has 1 fully saturated rings. The number of carbonyl (C=O) groups is 1. The normalized spacial score (nSPS) is 36.7. The van der Waals surface area contributed by atoms with Crippen molar-refractivity contribution in [3.63, 3.8) is 0 Å². The van der Waals surface area contributed by atoms with Crippen molar-refractivity contribution in [3.05, 3.63) is 0 Å². The highest BCUT2D eigenvalue weighted by Gasteiger charge is 2.49. The molecule has 0 aromatic carbocycles. The fraction of sp³-hybridized carbons (Fsp3) is 0.889. The van der Waals surface area contributed by atoms with Crippen molar-refractivity contribution >= 4 is 5.91 Å². The van der Waals surface area contributed by atoms with E-state index in [-0.39, 0.29) is 17.9 Å². The van der Waals surface area contributed by atoms with Crippen LogP contribution in [0.15, 0.2) is 0 Å². The molecule has 0 radical (unpaired) electrons. The van der Waals surface area contributed by atoms with Gasteiger partial charge in [-0.1, -0.05) is 13.8 Å². The van der Waals surface area contributed by atoms with Crippen LogP contribution in [0.1, 0.15) is 27.2 Å². The first-order chi connectivity index (χ1) is 5.39. The summed E-state index contributed by atoms with van der Waals surface area (Å²) in [6.45, 7) is 5.71. The number of carbonyl (C=O) groups excluding carboxylic acids is 1. The molecule has 2 atom stereocenters. The van der Waals surface area contributed by atoms with Crippen LogP contribution in [-0.2, 0) is 4.79 Å². The third kappa shape index (κ3) is 1.12. The summed E-state index contributed by atoms with van der Waals surface area (Å²) in [5, 5.41) is 9.99. The summed E-state index contributed by atoms with van der Waals surface area (Å²) in [7, 11) is 1.74. The van der Waals surface area contributed by atoms with E-state index < -0.39 is 5.60 Å². The van der Waals surface area contributed by atoms with E-state index in [2.05, 4.69) is 0 Å². The number of nitrogens with zero attached hydrogens (tertiary/aromatic N) is 1. The number of likely N-dealkylation sites (tertiary alicyclic amines) is 1. The number of hydrogen-bond donors (Lipinski definition) is 1. The van der Waals surface area contributed by atoms with Crippen LogP contribution in [0, 0.1) is 5.92 Å². The van der Waals surface area contributed by atoms with Crippen LogP contribution in [0.5, 0.6) is 0 Å². The van der Waals surface area contributed by atoms with E-state index in [9.17, 15) is 9.90 Å². The molecule has 0 spiro atoms. The van der Waals surface area contributed by atoms with Crippen molar-refractivity contribution in [2.24, 2.45) is 5.92 Å². The molecule has 1 rings (SSSR count). The Morgan fingerprint density at radius 3 is 2.33 bits per heavy atom. The number of hydrogen-bond acceptors (Lipinski definition) is 2. The average molecular weight is 171 g/mol. The van der Waals surface area contributed by atoms with Crippen LogP contribution >= 0.6 is 0 Å². The second kappa shape index (κ2) is 2.73. The van der Waals surface area contributed by atoms with Gasteiger partial charge in [0.1, 0.15) is 5.60 Å². The van der Waals surface area contributed by atoms with Gasteiger partial charge in [-0.3, -0.25) is 4.79 Å². The molecule has 1 saturated heterocycles. The van der Waals surface area contributed by atoms with Gasteiger partial charge in [0.2, 0.25) is 0 Å². The first-order valence-electron chi connectivity index (χ1n) is 4.39. The lowest BCUT2D eigenvalue weighted by molar-refractivity contribution is -0.146. The van der Waals surface area contributed by atoms with Gasteiger partial charge in [-0.25, -0.2) is 0 Å². The molecular weight excluding hydrogens is 154 g/mol. The topological polar surface area (TPSA) is 40.5 Å². The smallest absolute Gasteiger partial charge is 0.254 e. The summed E-state index contributed by atoms with van der Waals surface area (Å²) in [5.74, 6) is -0.137. The van der Waals surface area contributed by atoms with Gasteiger partial charge in [0, 0.05) is 19.5 Å². The van der Waals surface area contributed by atoms with Crippen molar-refractivity contribution in [3.8, 4) is 0 Å². The summed E-state index contributed by atoms with van der Waals surface area (Å²) in [6, 6.07) is 0.157. The van der Waals surface area contributed by atoms with Crippen LogP contribution in [-0.4, -0.2) is 34.6 Å². The van der Waals surface area contributed by atoms with E-state index in [1.165, 1.54) is 0 Å². The Kier molecular flexibility index (Phi) is 2.17. The summed E-state index contributed by atoms with van der Waals surface area (Å²) in [6.07, 6.45) is 0.556. The first kappa shape index (κ1) is 9.52. The maximum Gasteiger partial charge on any atom is 0.254 e. The van der Waals surface area contributed by atoms with Crippen LogP contribution in [0.3, 0.4) is 0 Å². The maximum absolute atomic E-state index is 11.6. The molecule has 1 heterocycles. The maximum atomic E-state index is 11.6. The quantitative estimate of drug-likeness (QED) is 0.628. The van der Waals surface area contributed by atoms with Gasteiger partial charge < -0.3 is 10.0 Å². The SMILES string of the molecule is CC1CC(O)(C(C)C)C(=O)N1C. The van der Waals surface area contributed by atoms with Crippen molar-refractivity contribution in [2.75, 3.05) is 7.05 Å². The fourth-order valence-corrected chi connectivity index (χ4v) is 1.66. The van der Waals surface area contributed by atoms with Crippen molar-refractivity contribution in [2.45, 2.75) is 38.8 Å². The molecule has 12 heavy (non-hydrogen) atoms. The van der Waals surface area contributed by atoms with Gasteiger partial charge in [-0.2, -0.15) is 0 Å². The molecule has 0 aromatic rings. The predicted molar refractivity (Wildman–Crippen MR) is 46.6 cm³/mol. The molecular formula is C9H17NO2. The number of rotatable bonds is 1. The van der Waals surface area contributed by atoms with Crippen molar-refractivity contribution in [1.29, 1.82) is 0 Å². The lowest BCUT2D eigenvalue weighted by atomic mass is 9.88. The molecule has 3 heteroatoms. The number of likely N-dealkylation sites (N-methyl/N-ethyl adjacent to an activating group) is 1.